The van der Waals surface area contributed by atoms with Gasteiger partial charge >= 0.3 is 5.97 Å². The minimum absolute atomic E-state index is 0.290. The summed E-state index contributed by atoms with van der Waals surface area (Å²) in [5.41, 5.74) is 3.06. The van der Waals surface area contributed by atoms with Gasteiger partial charge in [-0.2, -0.15) is 0 Å². The topological polar surface area (TPSA) is 119 Å². The molecule has 0 bridgehead atoms. The Kier molecular flexibility index (Phi) is 7.37. The molecule has 3 aromatic heterocycles. The molecule has 0 saturated carbocycles. The second-order valence-corrected chi connectivity index (χ2v) is 11.9. The second-order valence-electron chi connectivity index (χ2n) is 9.78. The number of benzene rings is 1. The molecule has 11 heteroatoms. The van der Waals surface area contributed by atoms with Crippen LogP contribution < -0.4 is 16.2 Å². The van der Waals surface area contributed by atoms with E-state index in [0.29, 0.717) is 42.8 Å². The lowest BCUT2D eigenvalue weighted by atomic mass is 9.88. The highest BCUT2D eigenvalue weighted by Crippen LogP contribution is 2.40. The van der Waals surface area contributed by atoms with E-state index in [9.17, 15) is 19.2 Å². The number of hydrogen-bond donors (Lipinski definition) is 2. The molecule has 3 heterocycles. The summed E-state index contributed by atoms with van der Waals surface area (Å²) in [6, 6.07) is 7.45. The molecule has 9 nitrogen and oxygen atoms in total. The molecule has 0 radical (unpaired) electrons. The van der Waals surface area contributed by atoms with Gasteiger partial charge in [-0.3, -0.25) is 19.0 Å². The van der Waals surface area contributed by atoms with Crippen molar-refractivity contribution < 1.29 is 19.1 Å². The van der Waals surface area contributed by atoms with Crippen molar-refractivity contribution in [1.29, 1.82) is 0 Å². The smallest absolute Gasteiger partial charge is 0.341 e. The number of carbonyl (C=O) groups excluding carboxylic acids is 3. The zero-order chi connectivity index (χ0) is 27.8. The summed E-state index contributed by atoms with van der Waals surface area (Å²) in [5, 5.41) is 6.47. The number of aryl methyl sites for hydroxylation is 2. The molecular weight excluding hydrogens is 536 g/mol. The van der Waals surface area contributed by atoms with Crippen LogP contribution in [0.25, 0.3) is 10.2 Å². The molecule has 0 saturated heterocycles. The van der Waals surface area contributed by atoms with Crippen molar-refractivity contribution in [3.05, 3.63) is 73.0 Å². The van der Waals surface area contributed by atoms with E-state index in [4.69, 9.17) is 4.74 Å². The normalized spacial score (nSPS) is 14.6. The van der Waals surface area contributed by atoms with E-state index in [1.165, 1.54) is 29.3 Å². The Hall–Kier alpha value is -3.83. The van der Waals surface area contributed by atoms with E-state index in [0.717, 1.165) is 46.6 Å². The van der Waals surface area contributed by atoms with Gasteiger partial charge in [-0.05, 0) is 61.8 Å². The average molecular weight is 565 g/mol. The number of ether oxygens (including phenoxy) is 1. The molecular formula is C28H28N4O5S2. The minimum Gasteiger partial charge on any atom is -0.465 e. The number of rotatable bonds is 6. The number of anilines is 2. The lowest BCUT2D eigenvalue weighted by Gasteiger charge is -2.18. The summed E-state index contributed by atoms with van der Waals surface area (Å²) in [6.07, 6.45) is 3.88. The average Bonchev–Trinajstić information content (AvgIpc) is 3.43. The fraction of sp³-hybridized carbons (Fsp3) is 0.321. The van der Waals surface area contributed by atoms with Crippen LogP contribution in [0, 0.1) is 19.8 Å². The Balaban J connectivity index is 1.39. The maximum absolute atomic E-state index is 13.3. The molecule has 1 atom stereocenters. The van der Waals surface area contributed by atoms with Gasteiger partial charge in [0.05, 0.1) is 29.3 Å². The standard InChI is InChI=1S/C28H28N4O5S2/c1-14-9-10-17-19(11-14)38-26(22(17)28(36)37-4)31-20(33)12-32-13-29-25-21(27(32)35)16(3)23(39-25)24(34)30-18-8-6-5-7-15(18)2/h5-8,13-14H,9-12H2,1-4H3,(H,30,34)(H,31,33). The van der Waals surface area contributed by atoms with Crippen molar-refractivity contribution in [2.75, 3.05) is 17.7 Å². The molecule has 0 fully saturated rings. The minimum atomic E-state index is -0.483. The number of methoxy groups -OCH3 is 1. The molecule has 2 amide bonds. The first-order chi connectivity index (χ1) is 18.7. The Bertz CT molecular complexity index is 1680. The number of hydrogen-bond acceptors (Lipinski definition) is 8. The molecule has 39 heavy (non-hydrogen) atoms. The van der Waals surface area contributed by atoms with Crippen molar-refractivity contribution >= 4 is 61.4 Å². The van der Waals surface area contributed by atoms with E-state index in [1.54, 1.807) is 6.92 Å². The van der Waals surface area contributed by atoms with Gasteiger partial charge in [-0.25, -0.2) is 9.78 Å². The third-order valence-corrected chi connectivity index (χ3v) is 9.35. The quantitative estimate of drug-likeness (QED) is 0.320. The lowest BCUT2D eigenvalue weighted by Crippen LogP contribution is -2.28. The molecule has 1 unspecified atom stereocenters. The van der Waals surface area contributed by atoms with E-state index in [-0.39, 0.29) is 12.5 Å². The zero-order valence-electron chi connectivity index (χ0n) is 22.0. The van der Waals surface area contributed by atoms with Crippen LogP contribution in [-0.4, -0.2) is 34.4 Å². The van der Waals surface area contributed by atoms with Gasteiger partial charge in [0, 0.05) is 10.6 Å². The Labute approximate surface area is 232 Å². The molecule has 1 aliphatic carbocycles. The fourth-order valence-corrected chi connectivity index (χ4v) is 7.31. The molecule has 0 spiro atoms. The third-order valence-electron chi connectivity index (χ3n) is 6.98. The van der Waals surface area contributed by atoms with Gasteiger partial charge in [0.25, 0.3) is 11.5 Å². The molecule has 1 aromatic carbocycles. The van der Waals surface area contributed by atoms with Crippen LogP contribution in [0.4, 0.5) is 10.7 Å². The van der Waals surface area contributed by atoms with Crippen molar-refractivity contribution in [1.82, 2.24) is 9.55 Å². The summed E-state index contributed by atoms with van der Waals surface area (Å²) >= 11 is 2.52. The van der Waals surface area contributed by atoms with Gasteiger partial charge in [0.1, 0.15) is 16.4 Å². The number of nitrogens with zero attached hydrogens (tertiary/aromatic N) is 2. The molecule has 202 valence electrons. The number of nitrogens with one attached hydrogen (secondary N) is 2. The van der Waals surface area contributed by atoms with Crippen LogP contribution in [0.15, 0.2) is 35.4 Å². The van der Waals surface area contributed by atoms with Crippen LogP contribution in [0.2, 0.25) is 0 Å². The third kappa shape index (κ3) is 5.11. The van der Waals surface area contributed by atoms with E-state index in [1.807, 2.05) is 31.2 Å². The number of fused-ring (bicyclic) bond motifs is 2. The predicted octanol–water partition coefficient (Wildman–Crippen LogP) is 4.94. The van der Waals surface area contributed by atoms with Crippen LogP contribution in [0.1, 0.15) is 54.9 Å². The summed E-state index contributed by atoms with van der Waals surface area (Å²) in [7, 11) is 1.32. The molecule has 1 aliphatic rings. The number of para-hydroxylation sites is 1. The fourth-order valence-electron chi connectivity index (χ4n) is 4.86. The van der Waals surface area contributed by atoms with Crippen molar-refractivity contribution in [3.8, 4) is 0 Å². The Morgan fingerprint density at radius 3 is 2.67 bits per heavy atom. The lowest BCUT2D eigenvalue weighted by molar-refractivity contribution is -0.116. The first kappa shape index (κ1) is 26.8. The Morgan fingerprint density at radius 2 is 1.92 bits per heavy atom. The second kappa shape index (κ2) is 10.7. The summed E-state index contributed by atoms with van der Waals surface area (Å²) < 4.78 is 6.21. The van der Waals surface area contributed by atoms with Gasteiger partial charge in [0.2, 0.25) is 5.91 Å². The van der Waals surface area contributed by atoms with Crippen LogP contribution in [-0.2, 0) is 28.9 Å². The number of thiophene rings is 2. The Morgan fingerprint density at radius 1 is 1.15 bits per heavy atom. The maximum atomic E-state index is 13.3. The maximum Gasteiger partial charge on any atom is 0.341 e. The molecule has 5 rings (SSSR count). The molecule has 0 aliphatic heterocycles. The van der Waals surface area contributed by atoms with Crippen molar-refractivity contribution in [2.24, 2.45) is 5.92 Å². The number of amides is 2. The highest BCUT2D eigenvalue weighted by atomic mass is 32.1. The molecule has 2 N–H and O–H groups in total. The molecule has 4 aromatic rings. The highest BCUT2D eigenvalue weighted by Gasteiger charge is 2.29. The predicted molar refractivity (Wildman–Crippen MR) is 153 cm³/mol. The zero-order valence-corrected chi connectivity index (χ0v) is 23.7. The van der Waals surface area contributed by atoms with Gasteiger partial charge in [-0.1, -0.05) is 25.1 Å². The van der Waals surface area contributed by atoms with Crippen molar-refractivity contribution in [2.45, 2.75) is 46.6 Å². The van der Waals surface area contributed by atoms with Crippen LogP contribution in [0.5, 0.6) is 0 Å². The summed E-state index contributed by atoms with van der Waals surface area (Å²) in [5.74, 6) is -0.762. The van der Waals surface area contributed by atoms with Gasteiger partial charge in [-0.15, -0.1) is 22.7 Å². The monoisotopic (exact) mass is 564 g/mol. The summed E-state index contributed by atoms with van der Waals surface area (Å²) in [6.45, 7) is 5.48. The van der Waals surface area contributed by atoms with E-state index < -0.39 is 17.4 Å². The number of carbonyl (C=O) groups is 3. The van der Waals surface area contributed by atoms with Crippen LogP contribution in [0.3, 0.4) is 0 Å². The highest BCUT2D eigenvalue weighted by molar-refractivity contribution is 7.20. The van der Waals surface area contributed by atoms with Gasteiger partial charge in [0.15, 0.2) is 0 Å². The van der Waals surface area contributed by atoms with E-state index >= 15 is 0 Å². The SMILES string of the molecule is COC(=O)c1c(NC(=O)Cn2cnc3sc(C(=O)Nc4ccccc4C)c(C)c3c2=O)sc2c1CCC(C)C2. The number of esters is 1. The first-order valence-electron chi connectivity index (χ1n) is 12.6. The van der Waals surface area contributed by atoms with Crippen LogP contribution >= 0.6 is 22.7 Å². The largest absolute Gasteiger partial charge is 0.465 e. The summed E-state index contributed by atoms with van der Waals surface area (Å²) in [4.78, 5) is 58.2. The van der Waals surface area contributed by atoms with Crippen molar-refractivity contribution in [3.63, 3.8) is 0 Å². The number of aromatic nitrogens is 2. The van der Waals surface area contributed by atoms with E-state index in [2.05, 4.69) is 22.5 Å². The van der Waals surface area contributed by atoms with Gasteiger partial charge < -0.3 is 15.4 Å². The first-order valence-corrected chi connectivity index (χ1v) is 14.2.